The van der Waals surface area contributed by atoms with E-state index in [2.05, 4.69) is 20.8 Å². The lowest BCUT2D eigenvalue weighted by Gasteiger charge is -2.36. The third kappa shape index (κ3) is 5.10. The number of carbonyl (C=O) groups is 2. The monoisotopic (exact) mass is 465 g/mol. The number of hydrogen-bond donors (Lipinski definition) is 0. The second-order valence-corrected chi connectivity index (χ2v) is 8.86. The SMILES string of the molecule is O=C(CN1C(=O)COc2cc(Br)ccc21)N1CCC(CCN2CCOCC2)CC1. The first-order chi connectivity index (χ1) is 14.1. The summed E-state index contributed by atoms with van der Waals surface area (Å²) in [5.41, 5.74) is 0.665. The van der Waals surface area contributed by atoms with Crippen molar-refractivity contribution in [3.63, 3.8) is 0 Å². The molecule has 4 rings (SSSR count). The van der Waals surface area contributed by atoms with Gasteiger partial charge in [-0.3, -0.25) is 19.4 Å². The van der Waals surface area contributed by atoms with Gasteiger partial charge in [-0.15, -0.1) is 0 Å². The van der Waals surface area contributed by atoms with Crippen LogP contribution in [0.4, 0.5) is 5.69 Å². The van der Waals surface area contributed by atoms with Gasteiger partial charge in [0.25, 0.3) is 5.91 Å². The maximum Gasteiger partial charge on any atom is 0.265 e. The molecule has 0 radical (unpaired) electrons. The minimum atomic E-state index is -0.173. The Morgan fingerprint density at radius 1 is 1.14 bits per heavy atom. The zero-order valence-corrected chi connectivity index (χ0v) is 18.2. The van der Waals surface area contributed by atoms with Crippen molar-refractivity contribution in [1.82, 2.24) is 9.80 Å². The molecule has 0 aliphatic carbocycles. The van der Waals surface area contributed by atoms with Crippen LogP contribution < -0.4 is 9.64 Å². The van der Waals surface area contributed by atoms with Crippen LogP contribution in [-0.2, 0) is 14.3 Å². The molecule has 158 valence electrons. The van der Waals surface area contributed by atoms with Crippen LogP contribution in [0.15, 0.2) is 22.7 Å². The molecule has 3 aliphatic heterocycles. The minimum absolute atomic E-state index is 0.0146. The van der Waals surface area contributed by atoms with Crippen molar-refractivity contribution in [2.75, 3.05) is 64.0 Å². The van der Waals surface area contributed by atoms with E-state index in [4.69, 9.17) is 9.47 Å². The maximum absolute atomic E-state index is 12.9. The summed E-state index contributed by atoms with van der Waals surface area (Å²) < 4.78 is 11.8. The Hall–Kier alpha value is -1.64. The van der Waals surface area contributed by atoms with E-state index in [-0.39, 0.29) is 25.0 Å². The molecule has 0 spiro atoms. The van der Waals surface area contributed by atoms with Gasteiger partial charge in [-0.2, -0.15) is 0 Å². The van der Waals surface area contributed by atoms with Gasteiger partial charge in [-0.25, -0.2) is 0 Å². The second-order valence-electron chi connectivity index (χ2n) is 7.95. The fourth-order valence-corrected chi connectivity index (χ4v) is 4.59. The third-order valence-corrected chi connectivity index (χ3v) is 6.58. The van der Waals surface area contributed by atoms with E-state index in [0.29, 0.717) is 17.4 Å². The van der Waals surface area contributed by atoms with E-state index in [1.807, 2.05) is 23.1 Å². The summed E-state index contributed by atoms with van der Waals surface area (Å²) in [6, 6.07) is 5.51. The fourth-order valence-electron chi connectivity index (χ4n) is 4.25. The smallest absolute Gasteiger partial charge is 0.265 e. The second kappa shape index (κ2) is 9.45. The van der Waals surface area contributed by atoms with Crippen molar-refractivity contribution in [2.24, 2.45) is 5.92 Å². The van der Waals surface area contributed by atoms with E-state index in [1.54, 1.807) is 4.90 Å². The van der Waals surface area contributed by atoms with Crippen LogP contribution in [0, 0.1) is 5.92 Å². The molecule has 0 saturated carbocycles. The highest BCUT2D eigenvalue weighted by atomic mass is 79.9. The Balaban J connectivity index is 1.27. The number of carbonyl (C=O) groups excluding carboxylic acids is 2. The molecule has 3 aliphatic rings. The van der Waals surface area contributed by atoms with Gasteiger partial charge in [0.15, 0.2) is 6.61 Å². The van der Waals surface area contributed by atoms with E-state index in [0.717, 1.165) is 63.3 Å². The van der Waals surface area contributed by atoms with Crippen molar-refractivity contribution in [1.29, 1.82) is 0 Å². The zero-order chi connectivity index (χ0) is 20.2. The summed E-state index contributed by atoms with van der Waals surface area (Å²) in [7, 11) is 0. The Bertz CT molecular complexity index is 745. The fraction of sp³-hybridized carbons (Fsp3) is 0.619. The van der Waals surface area contributed by atoms with Crippen LogP contribution in [-0.4, -0.2) is 80.7 Å². The number of amides is 2. The van der Waals surface area contributed by atoms with E-state index < -0.39 is 0 Å². The van der Waals surface area contributed by atoms with Gasteiger partial charge in [0, 0.05) is 30.7 Å². The van der Waals surface area contributed by atoms with Crippen LogP contribution in [0.5, 0.6) is 5.75 Å². The zero-order valence-electron chi connectivity index (χ0n) is 16.6. The number of likely N-dealkylation sites (tertiary alicyclic amines) is 1. The highest BCUT2D eigenvalue weighted by Crippen LogP contribution is 2.34. The van der Waals surface area contributed by atoms with Gasteiger partial charge in [0.2, 0.25) is 5.91 Å². The largest absolute Gasteiger partial charge is 0.482 e. The topological polar surface area (TPSA) is 62.3 Å². The number of benzene rings is 1. The average Bonchev–Trinajstić information content (AvgIpc) is 2.75. The van der Waals surface area contributed by atoms with Crippen molar-refractivity contribution in [3.8, 4) is 5.75 Å². The number of ether oxygens (including phenoxy) is 2. The van der Waals surface area contributed by atoms with Crippen molar-refractivity contribution < 1.29 is 19.1 Å². The highest BCUT2D eigenvalue weighted by Gasteiger charge is 2.30. The summed E-state index contributed by atoms with van der Waals surface area (Å²) in [6.45, 7) is 6.47. The molecule has 2 fully saturated rings. The molecule has 0 bridgehead atoms. The predicted octanol–water partition coefficient (Wildman–Crippen LogP) is 2.14. The molecule has 7 nitrogen and oxygen atoms in total. The lowest BCUT2D eigenvalue weighted by Crippen LogP contribution is -2.48. The molecule has 0 N–H and O–H groups in total. The first kappa shape index (κ1) is 20.6. The molecule has 29 heavy (non-hydrogen) atoms. The van der Waals surface area contributed by atoms with Crippen LogP contribution in [0.1, 0.15) is 19.3 Å². The van der Waals surface area contributed by atoms with Gasteiger partial charge in [-0.1, -0.05) is 15.9 Å². The lowest BCUT2D eigenvalue weighted by molar-refractivity contribution is -0.133. The quantitative estimate of drug-likeness (QED) is 0.666. The molecule has 0 unspecified atom stereocenters. The third-order valence-electron chi connectivity index (χ3n) is 6.08. The normalized spacial score (nSPS) is 21.1. The first-order valence-corrected chi connectivity index (χ1v) is 11.2. The number of morpholine rings is 1. The molecule has 0 aromatic heterocycles. The van der Waals surface area contributed by atoms with Crippen LogP contribution in [0.25, 0.3) is 0 Å². The summed E-state index contributed by atoms with van der Waals surface area (Å²) in [4.78, 5) is 31.1. The summed E-state index contributed by atoms with van der Waals surface area (Å²) in [5.74, 6) is 1.15. The van der Waals surface area contributed by atoms with Crippen molar-refractivity contribution >= 4 is 33.4 Å². The van der Waals surface area contributed by atoms with Crippen LogP contribution >= 0.6 is 15.9 Å². The van der Waals surface area contributed by atoms with Gasteiger partial charge in [0.05, 0.1) is 18.9 Å². The molecule has 2 saturated heterocycles. The van der Waals surface area contributed by atoms with Gasteiger partial charge >= 0.3 is 0 Å². The number of rotatable bonds is 5. The molecule has 3 heterocycles. The number of hydrogen-bond acceptors (Lipinski definition) is 5. The predicted molar refractivity (Wildman–Crippen MR) is 113 cm³/mol. The summed E-state index contributed by atoms with van der Waals surface area (Å²) >= 11 is 3.41. The first-order valence-electron chi connectivity index (χ1n) is 10.4. The molecule has 8 heteroatoms. The minimum Gasteiger partial charge on any atom is -0.482 e. The number of fused-ring (bicyclic) bond motifs is 1. The Labute approximate surface area is 180 Å². The molecular weight excluding hydrogens is 438 g/mol. The number of anilines is 1. The number of halogens is 1. The maximum atomic E-state index is 12.9. The average molecular weight is 466 g/mol. The molecule has 2 amide bonds. The molecule has 1 aromatic carbocycles. The van der Waals surface area contributed by atoms with Gasteiger partial charge in [0.1, 0.15) is 12.3 Å². The van der Waals surface area contributed by atoms with E-state index >= 15 is 0 Å². The Morgan fingerprint density at radius 3 is 2.66 bits per heavy atom. The Kier molecular flexibility index (Phi) is 6.72. The van der Waals surface area contributed by atoms with Gasteiger partial charge < -0.3 is 14.4 Å². The lowest BCUT2D eigenvalue weighted by atomic mass is 9.93. The Morgan fingerprint density at radius 2 is 1.90 bits per heavy atom. The van der Waals surface area contributed by atoms with Crippen molar-refractivity contribution in [3.05, 3.63) is 22.7 Å². The molecular formula is C21H28BrN3O4. The van der Waals surface area contributed by atoms with Gasteiger partial charge in [-0.05, 0) is 49.9 Å². The van der Waals surface area contributed by atoms with Crippen LogP contribution in [0.3, 0.4) is 0 Å². The number of piperidine rings is 1. The molecule has 1 aromatic rings. The summed E-state index contributed by atoms with van der Waals surface area (Å²) in [5, 5.41) is 0. The van der Waals surface area contributed by atoms with E-state index in [9.17, 15) is 9.59 Å². The molecule has 0 atom stereocenters. The summed E-state index contributed by atoms with van der Waals surface area (Å²) in [6.07, 6.45) is 3.26. The van der Waals surface area contributed by atoms with E-state index in [1.165, 1.54) is 6.42 Å². The van der Waals surface area contributed by atoms with Crippen molar-refractivity contribution in [2.45, 2.75) is 19.3 Å². The highest BCUT2D eigenvalue weighted by molar-refractivity contribution is 9.10. The number of nitrogens with zero attached hydrogens (tertiary/aromatic N) is 3. The standard InChI is InChI=1S/C21H28BrN3O4/c22-17-1-2-18-19(13-17)29-15-21(27)25(18)14-20(26)24-7-4-16(5-8-24)3-6-23-9-11-28-12-10-23/h1-2,13,16H,3-12,14-15H2. The van der Waals surface area contributed by atoms with Crippen LogP contribution in [0.2, 0.25) is 0 Å².